The molecule has 1 aromatic rings. The molecular formula is C27H32N4O11. The number of anilines is 1. The molecule has 4 rings (SSSR count). The summed E-state index contributed by atoms with van der Waals surface area (Å²) in [4.78, 5) is 91.1. The first-order chi connectivity index (χ1) is 19.5. The standard InChI is InChI=1S/C27H32N4O11/c1-8-10-5-6-11(30-12(32)7-29-9(2)26(40)41)19(33)14(10)20(34)15-13(8)21(35)17-18(31(3)4)22(36)16(25(28)39)24(38)27(17,42)23(15)37/h5-6,8-9,13,15-18,21,29,33,35,42H,7H2,1-4H3,(H2,28,39)(H,30,32)(H,40,41)/t8?,9?,13?,15?,16?,17?,18-,21?,27-/m0/s1. The molecule has 0 heterocycles. The molecule has 15 heteroatoms. The monoisotopic (exact) mass is 588 g/mol. The van der Waals surface area contributed by atoms with Crippen LogP contribution in [0, 0.1) is 23.7 Å². The highest BCUT2D eigenvalue weighted by Gasteiger charge is 2.72. The minimum absolute atomic E-state index is 0.205. The van der Waals surface area contributed by atoms with Gasteiger partial charge in [0.2, 0.25) is 11.8 Å². The number of likely N-dealkylation sites (N-methyl/N-ethyl adjacent to an activating group) is 1. The van der Waals surface area contributed by atoms with Crippen molar-refractivity contribution in [2.75, 3.05) is 26.0 Å². The summed E-state index contributed by atoms with van der Waals surface area (Å²) in [6, 6.07) is 0.165. The molecule has 2 saturated carbocycles. The van der Waals surface area contributed by atoms with Crippen molar-refractivity contribution in [1.29, 1.82) is 0 Å². The minimum atomic E-state index is -3.12. The van der Waals surface area contributed by atoms with E-state index in [0.717, 1.165) is 0 Å². The van der Waals surface area contributed by atoms with Crippen molar-refractivity contribution in [1.82, 2.24) is 10.2 Å². The van der Waals surface area contributed by atoms with Gasteiger partial charge in [-0.05, 0) is 38.6 Å². The van der Waals surface area contributed by atoms with Crippen molar-refractivity contribution >= 4 is 46.6 Å². The Kier molecular flexibility index (Phi) is 7.84. The van der Waals surface area contributed by atoms with E-state index in [0.29, 0.717) is 0 Å². The lowest BCUT2D eigenvalue weighted by Crippen LogP contribution is -2.77. The molecule has 0 aromatic heterocycles. The van der Waals surface area contributed by atoms with Gasteiger partial charge in [-0.2, -0.15) is 0 Å². The Morgan fingerprint density at radius 2 is 1.74 bits per heavy atom. The zero-order chi connectivity index (χ0) is 31.6. The van der Waals surface area contributed by atoms with Crippen LogP contribution in [-0.2, 0) is 28.8 Å². The average Bonchev–Trinajstić information content (AvgIpc) is 2.90. The van der Waals surface area contributed by atoms with Crippen LogP contribution in [0.1, 0.15) is 35.7 Å². The molecule has 0 saturated heterocycles. The first-order valence-corrected chi connectivity index (χ1v) is 13.1. The van der Waals surface area contributed by atoms with Crippen LogP contribution in [0.3, 0.4) is 0 Å². The van der Waals surface area contributed by atoms with Gasteiger partial charge in [-0.3, -0.25) is 43.8 Å². The number of carboxylic acid groups (broad SMARTS) is 1. The number of nitrogens with one attached hydrogen (secondary N) is 2. The number of carbonyl (C=O) groups is 7. The number of phenols is 1. The van der Waals surface area contributed by atoms with Gasteiger partial charge in [0.25, 0.3) is 0 Å². The van der Waals surface area contributed by atoms with Crippen LogP contribution in [0.15, 0.2) is 12.1 Å². The van der Waals surface area contributed by atoms with E-state index in [1.807, 2.05) is 0 Å². The number of amides is 2. The van der Waals surface area contributed by atoms with Crippen LogP contribution in [0.5, 0.6) is 5.75 Å². The van der Waals surface area contributed by atoms with Gasteiger partial charge in [0, 0.05) is 5.92 Å². The maximum atomic E-state index is 14.0. The zero-order valence-corrected chi connectivity index (χ0v) is 23.2. The third-order valence-corrected chi connectivity index (χ3v) is 8.70. The summed E-state index contributed by atoms with van der Waals surface area (Å²) < 4.78 is 0. The van der Waals surface area contributed by atoms with Crippen LogP contribution in [-0.4, -0.2) is 111 Å². The van der Waals surface area contributed by atoms with E-state index in [2.05, 4.69) is 10.6 Å². The number of aliphatic hydroxyl groups is 2. The SMILES string of the molecule is CC(NCC(=O)Nc1ccc2c(c1O)C(=O)C1C(=O)[C@]3(O)C(=O)C(C(N)=O)C(=O)[C@@H](N(C)C)C3C(O)C1C2C)C(=O)O. The Morgan fingerprint density at radius 1 is 1.12 bits per heavy atom. The number of aliphatic hydroxyl groups excluding tert-OH is 1. The number of carboxylic acids is 1. The summed E-state index contributed by atoms with van der Waals surface area (Å²) in [5.41, 5.74) is 1.76. The van der Waals surface area contributed by atoms with E-state index in [4.69, 9.17) is 10.8 Å². The number of nitrogens with zero attached hydrogens (tertiary/aromatic N) is 1. The van der Waals surface area contributed by atoms with Gasteiger partial charge in [-0.15, -0.1) is 0 Å². The normalized spacial score (nSPS) is 33.0. The predicted octanol–water partition coefficient (Wildman–Crippen LogP) is -2.60. The fourth-order valence-electron chi connectivity index (χ4n) is 6.62. The highest BCUT2D eigenvalue weighted by molar-refractivity contribution is 6.32. The summed E-state index contributed by atoms with van der Waals surface area (Å²) in [6.07, 6.45) is -1.76. The van der Waals surface area contributed by atoms with Crippen molar-refractivity contribution in [3.8, 4) is 5.75 Å². The molecule has 42 heavy (non-hydrogen) atoms. The first kappa shape index (κ1) is 30.9. The number of nitrogens with two attached hydrogens (primary N) is 1. The number of primary amides is 1. The molecule has 0 radical (unpaired) electrons. The van der Waals surface area contributed by atoms with E-state index in [1.54, 1.807) is 6.92 Å². The number of phenolic OH excluding ortho intramolecular Hbond substituents is 1. The van der Waals surface area contributed by atoms with Crippen molar-refractivity contribution in [2.24, 2.45) is 29.4 Å². The van der Waals surface area contributed by atoms with E-state index >= 15 is 0 Å². The van der Waals surface area contributed by atoms with Crippen molar-refractivity contribution in [3.63, 3.8) is 0 Å². The summed E-state index contributed by atoms with van der Waals surface area (Å²) in [5.74, 6) is -16.8. The number of rotatable bonds is 7. The number of hydrogen-bond donors (Lipinski definition) is 7. The Morgan fingerprint density at radius 3 is 2.29 bits per heavy atom. The summed E-state index contributed by atoms with van der Waals surface area (Å²) >= 11 is 0. The third kappa shape index (κ3) is 4.40. The number of carbonyl (C=O) groups excluding carboxylic acids is 6. The van der Waals surface area contributed by atoms with E-state index in [1.165, 1.54) is 38.1 Å². The number of Topliss-reactive ketones (excluding diaryl/α,β-unsaturated/α-hetero) is 4. The van der Waals surface area contributed by atoms with Crippen LogP contribution in [0.25, 0.3) is 0 Å². The van der Waals surface area contributed by atoms with Crippen LogP contribution >= 0.6 is 0 Å². The number of aromatic hydroxyl groups is 1. The quantitative estimate of drug-likeness (QED) is 0.128. The van der Waals surface area contributed by atoms with Crippen molar-refractivity contribution < 1.29 is 54.0 Å². The smallest absolute Gasteiger partial charge is 0.320 e. The van der Waals surface area contributed by atoms with Gasteiger partial charge >= 0.3 is 5.97 Å². The first-order valence-electron chi connectivity index (χ1n) is 13.1. The van der Waals surface area contributed by atoms with Crippen LogP contribution in [0.4, 0.5) is 5.69 Å². The molecule has 3 aliphatic carbocycles. The average molecular weight is 589 g/mol. The van der Waals surface area contributed by atoms with Crippen LogP contribution < -0.4 is 16.4 Å². The fourth-order valence-corrected chi connectivity index (χ4v) is 6.62. The van der Waals surface area contributed by atoms with E-state index < -0.39 is 107 Å². The molecule has 0 bridgehead atoms. The van der Waals surface area contributed by atoms with Crippen molar-refractivity contribution in [2.45, 2.75) is 43.6 Å². The zero-order valence-electron chi connectivity index (χ0n) is 23.2. The molecule has 7 unspecified atom stereocenters. The highest BCUT2D eigenvalue weighted by Crippen LogP contribution is 2.55. The molecular weight excluding hydrogens is 556 g/mol. The largest absolute Gasteiger partial charge is 0.505 e. The molecule has 226 valence electrons. The third-order valence-electron chi connectivity index (χ3n) is 8.70. The topological polar surface area (TPSA) is 254 Å². The van der Waals surface area contributed by atoms with Gasteiger partial charge in [0.1, 0.15) is 11.8 Å². The predicted molar refractivity (Wildman–Crippen MR) is 141 cm³/mol. The number of aliphatic carboxylic acids is 1. The van der Waals surface area contributed by atoms with Gasteiger partial charge in [-0.1, -0.05) is 13.0 Å². The van der Waals surface area contributed by atoms with Crippen molar-refractivity contribution in [3.05, 3.63) is 23.3 Å². The minimum Gasteiger partial charge on any atom is -0.505 e. The summed E-state index contributed by atoms with van der Waals surface area (Å²) in [5, 5.41) is 48.0. The number of fused-ring (bicyclic) bond motifs is 3. The Bertz CT molecular complexity index is 1420. The highest BCUT2D eigenvalue weighted by atomic mass is 16.4. The van der Waals surface area contributed by atoms with E-state index in [-0.39, 0.29) is 16.8 Å². The van der Waals surface area contributed by atoms with Gasteiger partial charge < -0.3 is 31.5 Å². The lowest BCUT2D eigenvalue weighted by atomic mass is 9.49. The fraction of sp³-hybridized carbons (Fsp3) is 0.519. The molecule has 0 spiro atoms. The summed E-state index contributed by atoms with van der Waals surface area (Å²) in [6.45, 7) is 2.42. The maximum Gasteiger partial charge on any atom is 0.320 e. The number of benzene rings is 1. The van der Waals surface area contributed by atoms with Gasteiger partial charge in [0.15, 0.2) is 34.7 Å². The number of ketones is 4. The second-order valence-corrected chi connectivity index (χ2v) is 11.3. The maximum absolute atomic E-state index is 14.0. The molecule has 3 aliphatic rings. The lowest BCUT2D eigenvalue weighted by Gasteiger charge is -2.56. The lowest BCUT2D eigenvalue weighted by molar-refractivity contribution is -0.196. The summed E-state index contributed by atoms with van der Waals surface area (Å²) in [7, 11) is 2.80. The Labute approximate surface area is 239 Å². The Hall–Kier alpha value is -4.05. The second kappa shape index (κ2) is 10.7. The molecule has 2 amide bonds. The Balaban J connectivity index is 1.77. The van der Waals surface area contributed by atoms with E-state index in [9.17, 15) is 48.9 Å². The molecule has 2 fully saturated rings. The molecule has 1 aromatic carbocycles. The molecule has 0 aliphatic heterocycles. The number of hydrogen-bond acceptors (Lipinski definition) is 12. The van der Waals surface area contributed by atoms with Gasteiger partial charge in [-0.25, -0.2) is 0 Å². The molecule has 8 N–H and O–H groups in total. The van der Waals surface area contributed by atoms with Crippen LogP contribution in [0.2, 0.25) is 0 Å². The molecule has 15 nitrogen and oxygen atoms in total. The van der Waals surface area contributed by atoms with Gasteiger partial charge in [0.05, 0.1) is 41.8 Å². The molecule has 9 atom stereocenters. The second-order valence-electron chi connectivity index (χ2n) is 11.3.